The third-order valence-corrected chi connectivity index (χ3v) is 4.83. The van der Waals surface area contributed by atoms with Crippen LogP contribution in [0, 0.1) is 20.8 Å². The Morgan fingerprint density at radius 3 is 2.69 bits per heavy atom. The van der Waals surface area contributed by atoms with Crippen LogP contribution in [0.5, 0.6) is 0 Å². The predicted molar refractivity (Wildman–Crippen MR) is 113 cm³/mol. The predicted octanol–water partition coefficient (Wildman–Crippen LogP) is 3.98. The smallest absolute Gasteiger partial charge is 0.251 e. The second-order valence-electron chi connectivity index (χ2n) is 6.60. The average molecular weight is 366 g/mol. The molecule has 0 spiro atoms. The Kier molecular flexibility index (Phi) is 5.38. The molecule has 2 aromatic carbocycles. The molecule has 0 aliphatic heterocycles. The maximum Gasteiger partial charge on any atom is 0.251 e. The third-order valence-electron chi connectivity index (χ3n) is 4.58. The first-order valence-electron chi connectivity index (χ1n) is 8.67. The molecule has 0 fully saturated rings. The van der Waals surface area contributed by atoms with E-state index in [0.29, 0.717) is 18.1 Å². The number of rotatable bonds is 4. The number of aromatic amines is 1. The van der Waals surface area contributed by atoms with Crippen molar-refractivity contribution >= 4 is 33.9 Å². The van der Waals surface area contributed by atoms with E-state index in [-0.39, 0.29) is 5.56 Å². The van der Waals surface area contributed by atoms with E-state index in [2.05, 4.69) is 27.8 Å². The van der Waals surface area contributed by atoms with E-state index in [0.717, 1.165) is 27.7 Å². The van der Waals surface area contributed by atoms with Gasteiger partial charge in [0.15, 0.2) is 5.11 Å². The minimum absolute atomic E-state index is 0.0365. The van der Waals surface area contributed by atoms with Gasteiger partial charge >= 0.3 is 0 Å². The summed E-state index contributed by atoms with van der Waals surface area (Å²) in [7, 11) is 0. The minimum atomic E-state index is -0.0365. The largest absolute Gasteiger partial charge is 0.362 e. The first-order valence-corrected chi connectivity index (χ1v) is 9.08. The number of hydrogen-bond donors (Lipinski definition) is 3. The number of H-pyrrole nitrogens is 1. The van der Waals surface area contributed by atoms with Crippen molar-refractivity contribution in [2.75, 3.05) is 11.9 Å². The minimum Gasteiger partial charge on any atom is -0.362 e. The van der Waals surface area contributed by atoms with Crippen molar-refractivity contribution in [2.45, 2.75) is 27.2 Å². The Bertz CT molecular complexity index is 1020. The molecular formula is C21H23N3OS. The van der Waals surface area contributed by atoms with Gasteiger partial charge in [0.25, 0.3) is 5.56 Å². The first kappa shape index (κ1) is 18.1. The SMILES string of the molecule is Cc1cccc(NC(=S)NCCc2cc3ccc(C)c(C)c3[nH]c2=O)c1. The molecule has 0 aliphatic carbocycles. The topological polar surface area (TPSA) is 56.9 Å². The fourth-order valence-electron chi connectivity index (χ4n) is 2.96. The van der Waals surface area contributed by atoms with E-state index in [1.54, 1.807) is 0 Å². The molecule has 0 radical (unpaired) electrons. The molecule has 0 saturated heterocycles. The molecule has 0 aliphatic rings. The zero-order valence-corrected chi connectivity index (χ0v) is 16.1. The maximum absolute atomic E-state index is 12.4. The third kappa shape index (κ3) is 4.11. The number of anilines is 1. The fraction of sp³-hybridized carbons (Fsp3) is 0.238. The molecular weight excluding hydrogens is 342 g/mol. The summed E-state index contributed by atoms with van der Waals surface area (Å²) in [6, 6.07) is 14.1. The molecule has 1 aromatic heterocycles. The number of nitrogens with one attached hydrogen (secondary N) is 3. The molecule has 0 atom stereocenters. The van der Waals surface area contributed by atoms with Crippen molar-refractivity contribution in [3.05, 3.63) is 75.1 Å². The Morgan fingerprint density at radius 1 is 1.12 bits per heavy atom. The number of aryl methyl sites for hydroxylation is 3. The van der Waals surface area contributed by atoms with Crippen LogP contribution >= 0.6 is 12.2 Å². The molecule has 3 N–H and O–H groups in total. The van der Waals surface area contributed by atoms with Gasteiger partial charge in [-0.3, -0.25) is 4.79 Å². The molecule has 26 heavy (non-hydrogen) atoms. The summed E-state index contributed by atoms with van der Waals surface area (Å²) < 4.78 is 0. The van der Waals surface area contributed by atoms with Gasteiger partial charge in [-0.25, -0.2) is 0 Å². The van der Waals surface area contributed by atoms with E-state index in [1.165, 1.54) is 11.1 Å². The molecule has 0 bridgehead atoms. The van der Waals surface area contributed by atoms with Crippen molar-refractivity contribution in [3.63, 3.8) is 0 Å². The quantitative estimate of drug-likeness (QED) is 0.612. The van der Waals surface area contributed by atoms with E-state index in [4.69, 9.17) is 12.2 Å². The van der Waals surface area contributed by atoms with Crippen LogP contribution in [-0.2, 0) is 6.42 Å². The summed E-state index contributed by atoms with van der Waals surface area (Å²) in [5.41, 5.74) is 6.06. The number of fused-ring (bicyclic) bond motifs is 1. The van der Waals surface area contributed by atoms with Gasteiger partial charge in [0.05, 0.1) is 5.52 Å². The van der Waals surface area contributed by atoms with Crippen LogP contribution in [0.4, 0.5) is 5.69 Å². The van der Waals surface area contributed by atoms with E-state index >= 15 is 0 Å². The summed E-state index contributed by atoms with van der Waals surface area (Å²) in [6.45, 7) is 6.71. The van der Waals surface area contributed by atoms with Gasteiger partial charge in [-0.1, -0.05) is 24.3 Å². The number of benzene rings is 2. The second-order valence-corrected chi connectivity index (χ2v) is 7.00. The lowest BCUT2D eigenvalue weighted by Gasteiger charge is -2.11. The van der Waals surface area contributed by atoms with Crippen molar-refractivity contribution in [1.82, 2.24) is 10.3 Å². The molecule has 0 unspecified atom stereocenters. The highest BCUT2D eigenvalue weighted by Crippen LogP contribution is 2.18. The zero-order chi connectivity index (χ0) is 18.7. The highest BCUT2D eigenvalue weighted by atomic mass is 32.1. The fourth-order valence-corrected chi connectivity index (χ4v) is 3.18. The number of hydrogen-bond acceptors (Lipinski definition) is 2. The van der Waals surface area contributed by atoms with Gasteiger partial charge in [0.1, 0.15) is 0 Å². The summed E-state index contributed by atoms with van der Waals surface area (Å²) >= 11 is 5.33. The molecule has 0 saturated carbocycles. The molecule has 3 rings (SSSR count). The van der Waals surface area contributed by atoms with Crippen LogP contribution in [0.15, 0.2) is 47.3 Å². The average Bonchev–Trinajstić information content (AvgIpc) is 2.59. The van der Waals surface area contributed by atoms with Crippen molar-refractivity contribution in [1.29, 1.82) is 0 Å². The Balaban J connectivity index is 1.64. The van der Waals surface area contributed by atoms with E-state index in [9.17, 15) is 4.79 Å². The lowest BCUT2D eigenvalue weighted by molar-refractivity contribution is 0.863. The van der Waals surface area contributed by atoms with Crippen LogP contribution in [-0.4, -0.2) is 16.6 Å². The standard InChI is InChI=1S/C21H23N3OS/c1-13-5-4-6-18(11-13)23-21(26)22-10-9-17-12-16-8-7-14(2)15(3)19(16)24-20(17)25/h4-8,11-12H,9-10H2,1-3H3,(H,24,25)(H2,22,23,26). The van der Waals surface area contributed by atoms with Crippen molar-refractivity contribution in [2.24, 2.45) is 0 Å². The normalized spacial score (nSPS) is 10.7. The highest BCUT2D eigenvalue weighted by Gasteiger charge is 2.07. The van der Waals surface area contributed by atoms with Crippen molar-refractivity contribution < 1.29 is 0 Å². The Hall–Kier alpha value is -2.66. The van der Waals surface area contributed by atoms with Gasteiger partial charge in [-0.15, -0.1) is 0 Å². The molecule has 0 amide bonds. The van der Waals surface area contributed by atoms with Gasteiger partial charge in [-0.2, -0.15) is 0 Å². The maximum atomic E-state index is 12.4. The Morgan fingerprint density at radius 2 is 1.92 bits per heavy atom. The summed E-state index contributed by atoms with van der Waals surface area (Å²) in [6.07, 6.45) is 0.605. The van der Waals surface area contributed by atoms with Crippen LogP contribution in [0.1, 0.15) is 22.3 Å². The first-order chi connectivity index (χ1) is 12.4. The lowest BCUT2D eigenvalue weighted by atomic mass is 10.0. The number of pyridine rings is 1. The van der Waals surface area contributed by atoms with E-state index in [1.807, 2.05) is 51.1 Å². The molecule has 4 nitrogen and oxygen atoms in total. The number of aromatic nitrogens is 1. The van der Waals surface area contributed by atoms with Crippen LogP contribution in [0.25, 0.3) is 10.9 Å². The second kappa shape index (κ2) is 7.70. The molecule has 5 heteroatoms. The molecule has 3 aromatic rings. The Labute approximate surface area is 158 Å². The van der Waals surface area contributed by atoms with Crippen molar-refractivity contribution in [3.8, 4) is 0 Å². The number of thiocarbonyl (C=S) groups is 1. The highest BCUT2D eigenvalue weighted by molar-refractivity contribution is 7.80. The molecule has 1 heterocycles. The summed E-state index contributed by atoms with van der Waals surface area (Å²) in [5.74, 6) is 0. The van der Waals surface area contributed by atoms with Gasteiger partial charge in [0, 0.05) is 17.8 Å². The lowest BCUT2D eigenvalue weighted by Crippen LogP contribution is -2.31. The zero-order valence-electron chi connectivity index (χ0n) is 15.3. The van der Waals surface area contributed by atoms with Gasteiger partial charge in [-0.05, 0) is 79.7 Å². The summed E-state index contributed by atoms with van der Waals surface area (Å²) in [4.78, 5) is 15.4. The summed E-state index contributed by atoms with van der Waals surface area (Å²) in [5, 5.41) is 7.94. The van der Waals surface area contributed by atoms with Crippen LogP contribution in [0.2, 0.25) is 0 Å². The monoisotopic (exact) mass is 365 g/mol. The van der Waals surface area contributed by atoms with E-state index < -0.39 is 0 Å². The van der Waals surface area contributed by atoms with Crippen LogP contribution < -0.4 is 16.2 Å². The van der Waals surface area contributed by atoms with Gasteiger partial charge < -0.3 is 15.6 Å². The van der Waals surface area contributed by atoms with Crippen LogP contribution in [0.3, 0.4) is 0 Å². The van der Waals surface area contributed by atoms with Gasteiger partial charge in [0.2, 0.25) is 0 Å². The molecule has 134 valence electrons.